The van der Waals surface area contributed by atoms with Gasteiger partial charge in [0.15, 0.2) is 23.7 Å². The Hall–Kier alpha value is -9.61. The largest absolute Gasteiger partial charge is 0.443 e. The molecule has 6 fully saturated rings. The topological polar surface area (TPSA) is 354 Å². The van der Waals surface area contributed by atoms with Gasteiger partial charge in [0.1, 0.15) is 30.6 Å². The van der Waals surface area contributed by atoms with Gasteiger partial charge in [-0.1, -0.05) is 226 Å². The first-order valence-corrected chi connectivity index (χ1v) is 54.5. The Bertz CT molecular complexity index is 5100. The third kappa shape index (κ3) is 42.5. The summed E-state index contributed by atoms with van der Waals surface area (Å²) < 4.78 is 28.8. The Morgan fingerprint density at radius 1 is 0.593 bits per heavy atom. The fraction of sp³-hybridized carbons (Fsp3) is 0.625. The van der Waals surface area contributed by atoms with Crippen molar-refractivity contribution >= 4 is 90.3 Å². The molecule has 6 aliphatic carbocycles. The third-order valence-corrected chi connectivity index (χ3v) is 27.0. The molecule has 6 aliphatic rings. The van der Waals surface area contributed by atoms with E-state index >= 15 is 0 Å². The summed E-state index contributed by atoms with van der Waals surface area (Å²) >= 11 is 9.53. The number of aliphatic hydroxyl groups excluding tert-OH is 1. The molecule has 6 saturated carbocycles. The Morgan fingerprint density at radius 2 is 1.01 bits per heavy atom. The number of aldehydes is 1. The molecule has 135 heavy (non-hydrogen) atoms. The lowest BCUT2D eigenvalue weighted by Crippen LogP contribution is -2.23. The number of hydrogen-bond donors (Lipinski definition) is 3. The van der Waals surface area contributed by atoms with Gasteiger partial charge in [-0.2, -0.15) is 46.4 Å². The standard InChI is InChI=1S/C26H34N6O.C19H22N6.C15H17N5O2.2C10H15N.C8H16O.C8H14O.C5H10NO2P.C2H7P.CH2Cl2/c1-26(2,3)24(33)11-14-31-13-10-22-23(17-28-30-25(22)31)20-16-29-32(18-20)21(9-12-27)15-19-7-5-4-6-8-19;20-8-6-16(10-14-4-2-1-3-5-14)25-13-15(11-23-25)18-12-22-24-19-17(18)7-9-21-19;1-15(2,3)14(21)22-9-20-5-4-11-12(8-18-19-13(11)20)10-6-16-17-7-10;2*1-11-9-5-8-10-6-3-2-4-7-10;2*9-7-6-8-4-2-1-3-5-8;1-3-8-9(2,7)5-4-6;1-3-2;2-1-3/h10,13,16-19,21H,4-9,11,14-15H2,1-3H3;7,9,11-14,16H,1-6,10H2,(H,21,24);4-8H,9H2,1-3H3,(H,16,17);2*5,9-10H,2-4,6-8H2;8-9H,1-7H2;7-8H,1-6H2;3,5H2,1-2H3;3H,1-2H3;1H2/b;;;2*9-5+;;;;;. The van der Waals surface area contributed by atoms with E-state index in [2.05, 4.69) is 91.1 Å². The smallest absolute Gasteiger partial charge is 0.312 e. The number of esters is 1. The molecule has 9 aromatic rings. The van der Waals surface area contributed by atoms with Crippen molar-refractivity contribution in [1.29, 1.82) is 15.8 Å². The van der Waals surface area contributed by atoms with Gasteiger partial charge in [0.25, 0.3) is 0 Å². The van der Waals surface area contributed by atoms with E-state index in [-0.39, 0.29) is 47.5 Å². The molecule has 0 spiro atoms. The van der Waals surface area contributed by atoms with Crippen molar-refractivity contribution in [3.05, 3.63) is 140 Å². The van der Waals surface area contributed by atoms with E-state index in [0.717, 1.165) is 144 Å². The molecule has 31 heteroatoms. The molecule has 0 aromatic carbocycles. The zero-order valence-corrected chi connectivity index (χ0v) is 85.5. The Labute approximate surface area is 815 Å². The summed E-state index contributed by atoms with van der Waals surface area (Å²) in [5.41, 5.74) is 7.20. The molecule has 3 unspecified atom stereocenters. The van der Waals surface area contributed by atoms with Gasteiger partial charge in [-0.15, -0.1) is 47.1 Å². The summed E-state index contributed by atoms with van der Waals surface area (Å²) in [6.45, 7) is 33.5. The van der Waals surface area contributed by atoms with E-state index in [1.165, 1.54) is 199 Å². The Kier molecular flexibility index (Phi) is 55.1. The quantitative estimate of drug-likeness (QED) is 0.0141. The van der Waals surface area contributed by atoms with E-state index in [9.17, 15) is 29.5 Å². The van der Waals surface area contributed by atoms with E-state index in [1.54, 1.807) is 60.9 Å². The van der Waals surface area contributed by atoms with Crippen molar-refractivity contribution in [2.75, 3.05) is 44.7 Å². The maximum atomic E-state index is 12.4. The number of aromatic amines is 2. The molecule has 0 aliphatic heterocycles. The molecular weight excluding hydrogens is 1770 g/mol. The number of H-pyrrole nitrogens is 2. The van der Waals surface area contributed by atoms with Crippen LogP contribution in [-0.4, -0.2) is 142 Å². The summed E-state index contributed by atoms with van der Waals surface area (Å²) in [5.74, 6) is 4.72. The molecular formula is C104H152Cl2N20O7P2. The summed E-state index contributed by atoms with van der Waals surface area (Å²) in [6, 6.07) is 12.7. The number of halogens is 2. The minimum absolute atomic E-state index is 0.0147. The number of carbonyl (C=O) groups excluding carboxylic acids is 3. The van der Waals surface area contributed by atoms with Crippen LogP contribution < -0.4 is 0 Å². The van der Waals surface area contributed by atoms with Crippen molar-refractivity contribution < 1.29 is 33.3 Å². The molecule has 27 nitrogen and oxygen atoms in total. The number of Topliss-reactive ketones (excluding diaryl/α,β-unsaturated/α-hetero) is 1. The van der Waals surface area contributed by atoms with Crippen LogP contribution in [0, 0.1) is 93.5 Å². The summed E-state index contributed by atoms with van der Waals surface area (Å²) in [7, 11) is -1.47. The molecule has 15 rings (SSSR count). The zero-order valence-electron chi connectivity index (χ0n) is 82.1. The molecule has 0 amide bonds. The van der Waals surface area contributed by atoms with Crippen molar-refractivity contribution in [1.82, 2.24) is 74.5 Å². The minimum Gasteiger partial charge on any atom is -0.443 e. The van der Waals surface area contributed by atoms with Gasteiger partial charge in [0.05, 0.1) is 111 Å². The van der Waals surface area contributed by atoms with Gasteiger partial charge in [-0.05, 0) is 127 Å². The molecule has 9 heterocycles. The van der Waals surface area contributed by atoms with Gasteiger partial charge in [-0.3, -0.25) is 33.2 Å². The number of aromatic nitrogens is 15. The lowest BCUT2D eigenvalue weighted by atomic mass is 9.84. The second kappa shape index (κ2) is 65.2. The number of rotatable bonds is 27. The summed E-state index contributed by atoms with van der Waals surface area (Å²) in [5, 5.41) is 79.4. The van der Waals surface area contributed by atoms with E-state index < -0.39 is 12.8 Å². The number of hydrogen-bond acceptors (Lipinski definition) is 19. The number of fused-ring (bicyclic) bond motifs is 3. The first kappa shape index (κ1) is 114. The second-order valence-corrected chi connectivity index (χ2v) is 42.6. The zero-order chi connectivity index (χ0) is 97.9. The van der Waals surface area contributed by atoms with Crippen molar-refractivity contribution in [2.24, 2.45) is 46.3 Å². The van der Waals surface area contributed by atoms with Gasteiger partial charge in [0.2, 0.25) is 7.37 Å². The third-order valence-electron chi connectivity index (χ3n) is 25.5. The highest BCUT2D eigenvalue weighted by Crippen LogP contribution is 2.42. The molecule has 0 saturated heterocycles. The summed E-state index contributed by atoms with van der Waals surface area (Å²) in [4.78, 5) is 43.8. The number of ether oxygens (including phenoxy) is 1. The highest BCUT2D eigenvalue weighted by Gasteiger charge is 2.28. The van der Waals surface area contributed by atoms with Crippen LogP contribution in [0.4, 0.5) is 0 Å². The molecule has 0 bridgehead atoms. The number of aryl methyl sites for hydroxylation is 1. The van der Waals surface area contributed by atoms with Gasteiger partial charge < -0.3 is 28.7 Å². The Morgan fingerprint density at radius 3 is 1.42 bits per heavy atom. The number of nitrogens with zero attached hydrogens (tertiary/aromatic N) is 18. The van der Waals surface area contributed by atoms with Crippen LogP contribution in [0.25, 0.3) is 76.2 Å². The normalized spacial score (nSPS) is 16.5. The number of allylic oxidation sites excluding steroid dienone is 2. The fourth-order valence-corrected chi connectivity index (χ4v) is 18.9. The van der Waals surface area contributed by atoms with Gasteiger partial charge >= 0.3 is 5.97 Å². The highest BCUT2D eigenvalue weighted by atomic mass is 35.5. The van der Waals surface area contributed by atoms with Gasteiger partial charge in [0, 0.05) is 125 Å². The highest BCUT2D eigenvalue weighted by molar-refractivity contribution is 7.58. The van der Waals surface area contributed by atoms with Crippen molar-refractivity contribution in [3.63, 3.8) is 0 Å². The summed E-state index contributed by atoms with van der Waals surface area (Å²) in [6.07, 6.45) is 78.7. The number of nitrogens with one attached hydrogen (secondary N) is 2. The molecule has 3 N–H and O–H groups in total. The SMILES string of the molecule is CC(C)(C)C(=O)CCn1ccc2c(-c3cnn(C(CC#N)CC4CCCCC4)c3)cnnc21.CC(C)(C)C(=O)OCn1ccc2c(-c3cn[nH]c3)cnnc21.CCOP(C)(=O)CC#N.CPC.ClCCl.N#CCC(CC1CCCCC1)n1cc(-c2cnnc3[nH]ccc23)cn1.O=CCC1CCCCC1.OCCC1CCCCC1.[C-]#[N+]/C=C/CC1CCCCC1.[C-]#[N+]/C=C/CC1CCCCC1. The molecule has 0 radical (unpaired) electrons. The van der Waals surface area contributed by atoms with E-state index in [1.807, 2.05) is 129 Å². The van der Waals surface area contributed by atoms with Crippen LogP contribution in [0.15, 0.2) is 117 Å². The predicted octanol–water partition coefficient (Wildman–Crippen LogP) is 27.0. The van der Waals surface area contributed by atoms with Crippen molar-refractivity contribution in [2.45, 2.75) is 324 Å². The van der Waals surface area contributed by atoms with Gasteiger partial charge in [-0.25, -0.2) is 9.69 Å². The van der Waals surface area contributed by atoms with Crippen LogP contribution in [0.3, 0.4) is 0 Å². The van der Waals surface area contributed by atoms with Crippen LogP contribution in [-0.2, 0) is 41.5 Å². The minimum atomic E-state index is -2.55. The number of nitriles is 3. The average molecular weight is 1930 g/mol. The number of ketones is 1. The maximum absolute atomic E-state index is 12.4. The van der Waals surface area contributed by atoms with Crippen LogP contribution in [0.5, 0.6) is 0 Å². The van der Waals surface area contributed by atoms with Crippen LogP contribution in [0.1, 0.15) is 311 Å². The van der Waals surface area contributed by atoms with Crippen molar-refractivity contribution in [3.8, 4) is 51.6 Å². The molecule has 3 atom stereocenters. The second-order valence-electron chi connectivity index (χ2n) is 38.2. The monoisotopic (exact) mass is 1930 g/mol. The van der Waals surface area contributed by atoms with Crippen LogP contribution >= 0.6 is 39.2 Å². The number of aliphatic hydroxyl groups is 1. The molecule has 734 valence electrons. The first-order chi connectivity index (χ1) is 65.4. The molecule has 9 aromatic heterocycles. The number of alkyl halides is 2. The fourth-order valence-electron chi connectivity index (χ4n) is 18.1. The van der Waals surface area contributed by atoms with Crippen LogP contribution in [0.2, 0.25) is 0 Å². The van der Waals surface area contributed by atoms with E-state index in [4.69, 9.17) is 56.0 Å². The Balaban J connectivity index is 0.000000247. The van der Waals surface area contributed by atoms with E-state index in [0.29, 0.717) is 50.6 Å². The maximum Gasteiger partial charge on any atom is 0.312 e. The first-order valence-electron chi connectivity index (χ1n) is 49.1. The number of carbonyl (C=O) groups is 3. The lowest BCUT2D eigenvalue weighted by molar-refractivity contribution is -0.156. The predicted molar refractivity (Wildman–Crippen MR) is 546 cm³/mol. The average Bonchev–Trinajstić information content (AvgIpc) is 1.56. The lowest BCUT2D eigenvalue weighted by Gasteiger charge is -2.25.